The number of hydrogen-bond acceptors (Lipinski definition) is 3. The fourth-order valence-corrected chi connectivity index (χ4v) is 3.59. The van der Waals surface area contributed by atoms with Crippen LogP contribution in [0.25, 0.3) is 33.3 Å². The van der Waals surface area contributed by atoms with E-state index in [1.807, 2.05) is 79.1 Å². The third kappa shape index (κ3) is 3.40. The average molecular weight is 392 g/mol. The number of fused-ring (bicyclic) bond motifs is 1. The molecule has 146 valence electrons. The predicted octanol–water partition coefficient (Wildman–Crippen LogP) is 6.70. The van der Waals surface area contributed by atoms with Crippen LogP contribution < -0.4 is 9.47 Å². The number of methoxy groups -OCH3 is 1. The second kappa shape index (κ2) is 7.76. The number of nitrogens with one attached hydrogen (secondary N) is 1. The van der Waals surface area contributed by atoms with E-state index < -0.39 is 0 Å². The average Bonchev–Trinajstić information content (AvgIpc) is 3.23. The number of nitrogens with zero attached hydrogens (tertiary/aromatic N) is 1. The Morgan fingerprint density at radius 2 is 1.53 bits per heavy atom. The zero-order valence-corrected chi connectivity index (χ0v) is 16.5. The summed E-state index contributed by atoms with van der Waals surface area (Å²) in [7, 11) is 1.68. The maximum atomic E-state index is 6.15. The Labute approximate surface area is 174 Å². The number of H-pyrrole nitrogens is 1. The standard InChI is InChI=1S/C26H20N2O2/c1-29-21-11-7-8-18(14-21)24-17-28-26-23(24)15-19(16-27-26)22-12-5-6-13-25(22)30-20-9-3-2-4-10-20/h2-17H,1H3,(H,27,28). The minimum Gasteiger partial charge on any atom is -0.497 e. The largest absolute Gasteiger partial charge is 0.497 e. The van der Waals surface area contributed by atoms with E-state index in [2.05, 4.69) is 28.2 Å². The molecule has 0 spiro atoms. The third-order valence-corrected chi connectivity index (χ3v) is 5.08. The van der Waals surface area contributed by atoms with Gasteiger partial charge in [-0.05, 0) is 42.0 Å². The van der Waals surface area contributed by atoms with E-state index >= 15 is 0 Å². The second-order valence-electron chi connectivity index (χ2n) is 6.97. The maximum Gasteiger partial charge on any atom is 0.137 e. The second-order valence-corrected chi connectivity index (χ2v) is 6.97. The van der Waals surface area contributed by atoms with Crippen LogP contribution in [0.15, 0.2) is 97.3 Å². The van der Waals surface area contributed by atoms with Crippen LogP contribution in [0.2, 0.25) is 0 Å². The summed E-state index contributed by atoms with van der Waals surface area (Å²) in [5.74, 6) is 2.42. The van der Waals surface area contributed by atoms with Gasteiger partial charge in [-0.1, -0.05) is 48.5 Å². The smallest absolute Gasteiger partial charge is 0.137 e. The minimum absolute atomic E-state index is 0.795. The molecule has 0 bridgehead atoms. The normalized spacial score (nSPS) is 10.8. The van der Waals surface area contributed by atoms with Crippen molar-refractivity contribution in [2.24, 2.45) is 0 Å². The van der Waals surface area contributed by atoms with E-state index in [1.54, 1.807) is 7.11 Å². The van der Waals surface area contributed by atoms with Crippen molar-refractivity contribution in [1.82, 2.24) is 9.97 Å². The van der Waals surface area contributed by atoms with Gasteiger partial charge in [-0.3, -0.25) is 0 Å². The molecule has 0 saturated heterocycles. The number of benzene rings is 3. The Morgan fingerprint density at radius 1 is 0.733 bits per heavy atom. The van der Waals surface area contributed by atoms with Crippen molar-refractivity contribution in [3.8, 4) is 39.5 Å². The van der Waals surface area contributed by atoms with Gasteiger partial charge in [-0.2, -0.15) is 0 Å². The molecule has 5 rings (SSSR count). The fourth-order valence-electron chi connectivity index (χ4n) is 3.59. The highest BCUT2D eigenvalue weighted by Crippen LogP contribution is 2.36. The molecule has 30 heavy (non-hydrogen) atoms. The van der Waals surface area contributed by atoms with Crippen LogP contribution in [0.3, 0.4) is 0 Å². The number of aromatic amines is 1. The molecule has 0 fully saturated rings. The first kappa shape index (κ1) is 18.0. The van der Waals surface area contributed by atoms with Gasteiger partial charge < -0.3 is 14.5 Å². The van der Waals surface area contributed by atoms with Crippen molar-refractivity contribution in [1.29, 1.82) is 0 Å². The lowest BCUT2D eigenvalue weighted by atomic mass is 10.0. The van der Waals surface area contributed by atoms with Crippen LogP contribution in [-0.4, -0.2) is 17.1 Å². The van der Waals surface area contributed by atoms with Gasteiger partial charge in [0.15, 0.2) is 0 Å². The summed E-state index contributed by atoms with van der Waals surface area (Å²) in [6.45, 7) is 0. The molecule has 0 saturated carbocycles. The molecule has 5 aromatic rings. The Kier molecular flexibility index (Phi) is 4.66. The van der Waals surface area contributed by atoms with Gasteiger partial charge in [0.1, 0.15) is 22.9 Å². The summed E-state index contributed by atoms with van der Waals surface area (Å²) >= 11 is 0. The molecule has 2 heterocycles. The Hall–Kier alpha value is -4.05. The van der Waals surface area contributed by atoms with E-state index in [0.29, 0.717) is 0 Å². The molecule has 0 aliphatic heterocycles. The molecular formula is C26H20N2O2. The molecule has 0 radical (unpaired) electrons. The zero-order chi connectivity index (χ0) is 20.3. The van der Waals surface area contributed by atoms with Crippen LogP contribution >= 0.6 is 0 Å². The Bertz CT molecular complexity index is 1310. The molecule has 1 N–H and O–H groups in total. The maximum absolute atomic E-state index is 6.15. The minimum atomic E-state index is 0.795. The van der Waals surface area contributed by atoms with Crippen molar-refractivity contribution in [2.45, 2.75) is 0 Å². The highest BCUT2D eigenvalue weighted by atomic mass is 16.5. The summed E-state index contributed by atoms with van der Waals surface area (Å²) in [6.07, 6.45) is 3.87. The van der Waals surface area contributed by atoms with Crippen LogP contribution in [0.4, 0.5) is 0 Å². The molecule has 3 aromatic carbocycles. The van der Waals surface area contributed by atoms with Crippen LogP contribution in [0, 0.1) is 0 Å². The van der Waals surface area contributed by atoms with Gasteiger partial charge in [0.05, 0.1) is 7.11 Å². The number of ether oxygens (including phenoxy) is 2. The first-order chi connectivity index (χ1) is 14.8. The van der Waals surface area contributed by atoms with Crippen LogP contribution in [-0.2, 0) is 0 Å². The first-order valence-corrected chi connectivity index (χ1v) is 9.76. The van der Waals surface area contributed by atoms with Crippen molar-refractivity contribution in [3.05, 3.63) is 97.3 Å². The Morgan fingerprint density at radius 3 is 2.40 bits per heavy atom. The quantitative estimate of drug-likeness (QED) is 0.362. The van der Waals surface area contributed by atoms with Gasteiger partial charge in [0, 0.05) is 34.5 Å². The van der Waals surface area contributed by atoms with Gasteiger partial charge in [0.2, 0.25) is 0 Å². The van der Waals surface area contributed by atoms with Crippen molar-refractivity contribution < 1.29 is 9.47 Å². The van der Waals surface area contributed by atoms with Crippen molar-refractivity contribution in [2.75, 3.05) is 7.11 Å². The number of rotatable bonds is 5. The van der Waals surface area contributed by atoms with Gasteiger partial charge in [-0.15, -0.1) is 0 Å². The molecule has 0 amide bonds. The molecule has 0 aliphatic rings. The van der Waals surface area contributed by atoms with Crippen molar-refractivity contribution >= 4 is 11.0 Å². The fraction of sp³-hybridized carbons (Fsp3) is 0.0385. The molecule has 4 nitrogen and oxygen atoms in total. The van der Waals surface area contributed by atoms with E-state index in [9.17, 15) is 0 Å². The predicted molar refractivity (Wildman–Crippen MR) is 120 cm³/mol. The highest BCUT2D eigenvalue weighted by Gasteiger charge is 2.12. The monoisotopic (exact) mass is 392 g/mol. The van der Waals surface area contributed by atoms with Crippen molar-refractivity contribution in [3.63, 3.8) is 0 Å². The molecule has 4 heteroatoms. The van der Waals surface area contributed by atoms with Gasteiger partial charge >= 0.3 is 0 Å². The summed E-state index contributed by atoms with van der Waals surface area (Å²) in [5, 5.41) is 1.05. The Balaban J connectivity index is 1.59. The van der Waals surface area contributed by atoms with Crippen LogP contribution in [0.1, 0.15) is 0 Å². The molecule has 2 aromatic heterocycles. The summed E-state index contributed by atoms with van der Waals surface area (Å²) < 4.78 is 11.5. The SMILES string of the molecule is COc1cccc(-c2c[nH]c3ncc(-c4ccccc4Oc4ccccc4)cc23)c1. The molecule has 0 unspecified atom stereocenters. The van der Waals surface area contributed by atoms with Gasteiger partial charge in [-0.25, -0.2) is 4.98 Å². The lowest BCUT2D eigenvalue weighted by Gasteiger charge is -2.11. The van der Waals surface area contributed by atoms with Crippen LogP contribution in [0.5, 0.6) is 17.2 Å². The number of aromatic nitrogens is 2. The zero-order valence-electron chi connectivity index (χ0n) is 16.5. The lowest BCUT2D eigenvalue weighted by molar-refractivity contribution is 0.415. The lowest BCUT2D eigenvalue weighted by Crippen LogP contribution is -1.89. The van der Waals surface area contributed by atoms with E-state index in [4.69, 9.17) is 9.47 Å². The summed E-state index contributed by atoms with van der Waals surface area (Å²) in [6, 6.07) is 28.0. The number of para-hydroxylation sites is 2. The molecule has 0 aliphatic carbocycles. The number of hydrogen-bond donors (Lipinski definition) is 1. The van der Waals surface area contributed by atoms with E-state index in [-0.39, 0.29) is 0 Å². The topological polar surface area (TPSA) is 47.1 Å². The van der Waals surface area contributed by atoms with E-state index in [0.717, 1.165) is 50.5 Å². The summed E-state index contributed by atoms with van der Waals surface area (Å²) in [4.78, 5) is 7.93. The highest BCUT2D eigenvalue weighted by molar-refractivity contribution is 5.96. The molecular weight excluding hydrogens is 372 g/mol. The van der Waals surface area contributed by atoms with Gasteiger partial charge in [0.25, 0.3) is 0 Å². The summed E-state index contributed by atoms with van der Waals surface area (Å²) in [5.41, 5.74) is 5.00. The number of pyridine rings is 1. The first-order valence-electron chi connectivity index (χ1n) is 9.76. The van der Waals surface area contributed by atoms with E-state index in [1.165, 1.54) is 0 Å². The third-order valence-electron chi connectivity index (χ3n) is 5.08. The molecule has 0 atom stereocenters.